The predicted molar refractivity (Wildman–Crippen MR) is 71.8 cm³/mol. The van der Waals surface area contributed by atoms with Crippen LogP contribution in [-0.2, 0) is 13.0 Å². The van der Waals surface area contributed by atoms with Crippen LogP contribution in [0.1, 0.15) is 17.6 Å². The predicted octanol–water partition coefficient (Wildman–Crippen LogP) is 2.73. The lowest BCUT2D eigenvalue weighted by Gasteiger charge is -2.03. The van der Waals surface area contributed by atoms with Crippen LogP contribution >= 0.6 is 38.9 Å². The quantitative estimate of drug-likeness (QED) is 0.811. The van der Waals surface area contributed by atoms with Gasteiger partial charge in [0.25, 0.3) is 5.56 Å². The average Bonchev–Trinajstić information content (AvgIpc) is 2.78. The second-order valence-electron chi connectivity index (χ2n) is 3.37. The molecule has 0 aliphatic carbocycles. The minimum Gasteiger partial charge on any atom is -0.292 e. The third-order valence-corrected chi connectivity index (χ3v) is 4.45. The van der Waals surface area contributed by atoms with Crippen molar-refractivity contribution in [3.63, 3.8) is 0 Å². The molecule has 2 aromatic heterocycles. The molecule has 0 atom stereocenters. The van der Waals surface area contributed by atoms with Gasteiger partial charge in [0.1, 0.15) is 4.47 Å². The molecule has 0 unspecified atom stereocenters. The Labute approximate surface area is 115 Å². The fraction of sp³-hybridized carbons (Fsp3) is 0.300. The van der Waals surface area contributed by atoms with Crippen LogP contribution in [0.3, 0.4) is 0 Å². The molecule has 0 spiro atoms. The van der Waals surface area contributed by atoms with Crippen molar-refractivity contribution in [2.45, 2.75) is 19.9 Å². The summed E-state index contributed by atoms with van der Waals surface area (Å²) in [5.74, 6) is 0. The van der Waals surface area contributed by atoms with E-state index in [4.69, 9.17) is 11.6 Å². The fourth-order valence-corrected chi connectivity index (χ4v) is 2.51. The normalized spacial score (nSPS) is 10.8. The number of halogens is 2. The highest BCUT2D eigenvalue weighted by Crippen LogP contribution is 2.15. The molecule has 17 heavy (non-hydrogen) atoms. The summed E-state index contributed by atoms with van der Waals surface area (Å²) in [7, 11) is 0. The summed E-state index contributed by atoms with van der Waals surface area (Å²) in [5.41, 5.74) is 0.668. The summed E-state index contributed by atoms with van der Waals surface area (Å²) in [6, 6.07) is 0. The average molecular weight is 335 g/mol. The molecule has 0 aromatic carbocycles. The van der Waals surface area contributed by atoms with Gasteiger partial charge in [-0.25, -0.2) is 9.97 Å². The molecule has 2 rings (SSSR count). The first-order valence-corrected chi connectivity index (χ1v) is 7.00. The fourth-order valence-electron chi connectivity index (χ4n) is 1.31. The zero-order chi connectivity index (χ0) is 12.4. The van der Waals surface area contributed by atoms with E-state index in [0.717, 1.165) is 17.1 Å². The number of aryl methyl sites for hydroxylation is 1. The van der Waals surface area contributed by atoms with Crippen LogP contribution in [0.5, 0.6) is 0 Å². The van der Waals surface area contributed by atoms with Crippen molar-refractivity contribution >= 4 is 38.9 Å². The van der Waals surface area contributed by atoms with Gasteiger partial charge < -0.3 is 0 Å². The third kappa shape index (κ3) is 2.75. The molecule has 4 nitrogen and oxygen atoms in total. The molecular formula is C10H9BrClN3OS. The topological polar surface area (TPSA) is 47.8 Å². The molecule has 0 aliphatic heterocycles. The number of rotatable bonds is 3. The molecule has 90 valence electrons. The van der Waals surface area contributed by atoms with Crippen LogP contribution in [0.15, 0.2) is 21.0 Å². The highest BCUT2D eigenvalue weighted by atomic mass is 79.9. The summed E-state index contributed by atoms with van der Waals surface area (Å²) in [5, 5.41) is 3.20. The van der Waals surface area contributed by atoms with E-state index in [1.807, 2.05) is 5.38 Å². The van der Waals surface area contributed by atoms with Crippen LogP contribution < -0.4 is 5.56 Å². The Kier molecular flexibility index (Phi) is 3.96. The van der Waals surface area contributed by atoms with Gasteiger partial charge in [-0.15, -0.1) is 11.3 Å². The monoisotopic (exact) mass is 333 g/mol. The lowest BCUT2D eigenvalue weighted by atomic mass is 10.4. The molecule has 2 aromatic rings. The Bertz CT molecular complexity index is 595. The first-order valence-electron chi connectivity index (χ1n) is 4.95. The van der Waals surface area contributed by atoms with E-state index >= 15 is 0 Å². The summed E-state index contributed by atoms with van der Waals surface area (Å²) >= 11 is 10.4. The Morgan fingerprint density at radius 3 is 3.00 bits per heavy atom. The Morgan fingerprint density at radius 2 is 2.35 bits per heavy atom. The zero-order valence-corrected chi connectivity index (χ0v) is 12.1. The van der Waals surface area contributed by atoms with E-state index in [2.05, 4.69) is 32.8 Å². The third-order valence-electron chi connectivity index (χ3n) is 2.17. The van der Waals surface area contributed by atoms with E-state index in [9.17, 15) is 4.79 Å². The first-order chi connectivity index (χ1) is 8.11. The molecule has 0 fully saturated rings. The van der Waals surface area contributed by atoms with E-state index in [-0.39, 0.29) is 15.2 Å². The Hall–Kier alpha value is -0.720. The number of nitrogens with zero attached hydrogens (tertiary/aromatic N) is 3. The van der Waals surface area contributed by atoms with E-state index in [0.29, 0.717) is 6.54 Å². The van der Waals surface area contributed by atoms with Gasteiger partial charge in [0.2, 0.25) is 0 Å². The molecule has 7 heteroatoms. The van der Waals surface area contributed by atoms with Gasteiger partial charge >= 0.3 is 0 Å². The van der Waals surface area contributed by atoms with Gasteiger partial charge in [0, 0.05) is 5.38 Å². The summed E-state index contributed by atoms with van der Waals surface area (Å²) in [6.45, 7) is 2.47. The SMILES string of the molecule is CCc1nc(Cn2cnc(Cl)c(Br)c2=O)cs1. The largest absolute Gasteiger partial charge is 0.292 e. The standard InChI is InChI=1S/C10H9BrClN3OS/c1-2-7-14-6(4-17-7)3-15-5-13-9(12)8(11)10(15)16/h4-5H,2-3H2,1H3. The van der Waals surface area contributed by atoms with Crippen LogP contribution in [0.4, 0.5) is 0 Å². The smallest absolute Gasteiger partial charge is 0.269 e. The number of aromatic nitrogens is 3. The van der Waals surface area contributed by atoms with Crippen LogP contribution in [0.25, 0.3) is 0 Å². The van der Waals surface area contributed by atoms with Crippen molar-refractivity contribution in [2.24, 2.45) is 0 Å². The van der Waals surface area contributed by atoms with Crippen LogP contribution in [0, 0.1) is 0 Å². The number of hydrogen-bond donors (Lipinski definition) is 0. The molecular weight excluding hydrogens is 326 g/mol. The molecule has 2 heterocycles. The molecule has 0 radical (unpaired) electrons. The highest BCUT2D eigenvalue weighted by molar-refractivity contribution is 9.10. The lowest BCUT2D eigenvalue weighted by molar-refractivity contribution is 0.715. The number of thiazole rings is 1. The van der Waals surface area contributed by atoms with Gasteiger partial charge in [-0.3, -0.25) is 9.36 Å². The van der Waals surface area contributed by atoms with E-state index in [1.165, 1.54) is 10.9 Å². The summed E-state index contributed by atoms with van der Waals surface area (Å²) < 4.78 is 1.76. The van der Waals surface area contributed by atoms with Gasteiger partial charge in [-0.1, -0.05) is 18.5 Å². The highest BCUT2D eigenvalue weighted by Gasteiger charge is 2.08. The van der Waals surface area contributed by atoms with Crippen LogP contribution in [0.2, 0.25) is 5.15 Å². The van der Waals surface area contributed by atoms with Crippen molar-refractivity contribution in [2.75, 3.05) is 0 Å². The molecule has 0 saturated heterocycles. The maximum absolute atomic E-state index is 11.8. The van der Waals surface area contributed by atoms with E-state index < -0.39 is 0 Å². The second-order valence-corrected chi connectivity index (χ2v) is 5.46. The summed E-state index contributed by atoms with van der Waals surface area (Å²) in [6.07, 6.45) is 2.34. The van der Waals surface area contributed by atoms with Crippen molar-refractivity contribution in [3.05, 3.63) is 42.4 Å². The van der Waals surface area contributed by atoms with Crippen molar-refractivity contribution in [1.29, 1.82) is 0 Å². The summed E-state index contributed by atoms with van der Waals surface area (Å²) in [4.78, 5) is 20.2. The van der Waals surface area contributed by atoms with Gasteiger partial charge in [-0.05, 0) is 22.4 Å². The first kappa shape index (κ1) is 12.7. The number of hydrogen-bond acceptors (Lipinski definition) is 4. The van der Waals surface area contributed by atoms with Crippen LogP contribution in [-0.4, -0.2) is 14.5 Å². The Balaban J connectivity index is 2.30. The molecule has 0 aliphatic rings. The van der Waals surface area contributed by atoms with Gasteiger partial charge in [-0.2, -0.15) is 0 Å². The van der Waals surface area contributed by atoms with Crippen molar-refractivity contribution in [1.82, 2.24) is 14.5 Å². The molecule has 0 amide bonds. The van der Waals surface area contributed by atoms with Crippen molar-refractivity contribution in [3.8, 4) is 0 Å². The maximum Gasteiger partial charge on any atom is 0.269 e. The second kappa shape index (κ2) is 5.29. The minimum atomic E-state index is -0.198. The Morgan fingerprint density at radius 1 is 1.59 bits per heavy atom. The van der Waals surface area contributed by atoms with Gasteiger partial charge in [0.15, 0.2) is 5.15 Å². The molecule has 0 saturated carbocycles. The lowest BCUT2D eigenvalue weighted by Crippen LogP contribution is -2.22. The molecule has 0 bridgehead atoms. The van der Waals surface area contributed by atoms with Gasteiger partial charge in [0.05, 0.1) is 23.6 Å². The zero-order valence-electron chi connectivity index (χ0n) is 8.98. The maximum atomic E-state index is 11.8. The molecule has 0 N–H and O–H groups in total. The minimum absolute atomic E-state index is 0.179. The van der Waals surface area contributed by atoms with E-state index in [1.54, 1.807) is 11.3 Å². The van der Waals surface area contributed by atoms with Crippen molar-refractivity contribution < 1.29 is 0 Å².